The van der Waals surface area contributed by atoms with Crippen LogP contribution in [0.1, 0.15) is 121 Å². The second kappa shape index (κ2) is 40.7. The van der Waals surface area contributed by atoms with Gasteiger partial charge in [0.1, 0.15) is 23.2 Å². The van der Waals surface area contributed by atoms with Crippen LogP contribution in [0.2, 0.25) is 13.6 Å². The number of pyridine rings is 5. The Morgan fingerprint density at radius 1 is 0.596 bits per heavy atom. The number of aromatic nitrogens is 5. The maximum atomic E-state index is 11.3. The average Bonchev–Trinajstić information content (AvgIpc) is 0.833. The molecule has 5 aromatic rings. The van der Waals surface area contributed by atoms with Crippen LogP contribution in [0, 0.1) is 85.2 Å². The van der Waals surface area contributed by atoms with Crippen LogP contribution in [0.5, 0.6) is 0 Å². The van der Waals surface area contributed by atoms with Gasteiger partial charge >= 0.3 is 37.3 Å². The van der Waals surface area contributed by atoms with Crippen LogP contribution in [0.25, 0.3) is 0 Å². The van der Waals surface area contributed by atoms with Crippen molar-refractivity contribution in [3.63, 3.8) is 0 Å². The van der Waals surface area contributed by atoms with Crippen molar-refractivity contribution in [1.29, 1.82) is 0 Å². The SMILES string of the molecule is CB(O)NC1CCC(=O)CC1.CB(O)NC1CCc2nc(C)c([N+](=O)[O-])cc2C1.CC(=O)OC(C)=O.Cc1c([N+](=O)[O-])cc([N+](=O)[O-])c(=O)n1C.Cc1cccc(=O)n1C.Cc1nc2c(cc1N=C(N)N)CC(N(C)C)CC2.Cc1nc2c(cc1[N+](=O)[O-])CC(N(C)C)CC2.O=[N+]([O-])O. The summed E-state index contributed by atoms with van der Waals surface area (Å²) in [7, 11) is 10.3. The standard InChI is InChI=1S/C13H21N5.C12H17N3O2.C11H16BN3O3.C7H14BNO2.C7H7N3O5.C7H9NO.C4H6O3.HNO3/c1-8-12(17-13(14)15)7-9-6-10(18(2)3)4-5-11(9)16-8;1-8-12(15(16)17)7-9-6-10(14(2)3)4-5-11(9)13-8;1-7-11(15(17)18)6-8-5-9(14-12(2)16)3-4-10(8)13-7;1-8(11)9-6-2-4-7(10)5-3-6;1-4-5(9(12)13)3-6(10(14)15)7(11)8(4)2;1-6-4-3-5-7(9)8(6)2;1-3(5)7-4(2)6;2-1(3)4/h7,10H,4-6H2,1-3H3,(H4,14,15,17);7,10H,4-6H2,1-3H3;6,9,14,16H,3-5H2,1-2H3;6,9,11H,2-5H2,1H3;3H,1-2H3;3-5H,1-2H3;1-2H3;(H,2,3,4). The lowest BCUT2D eigenvalue weighted by Gasteiger charge is -2.29. The fourth-order valence-electron chi connectivity index (χ4n) is 10.6. The summed E-state index contributed by atoms with van der Waals surface area (Å²) < 4.78 is 6.47. The summed E-state index contributed by atoms with van der Waals surface area (Å²) in [5.74, 6) is -0.687. The Labute approximate surface area is 572 Å². The van der Waals surface area contributed by atoms with E-state index in [2.05, 4.69) is 65.1 Å². The lowest BCUT2D eigenvalue weighted by atomic mass is 9.82. The number of fused-ring (bicyclic) bond motifs is 3. The summed E-state index contributed by atoms with van der Waals surface area (Å²) in [4.78, 5) is 123. The summed E-state index contributed by atoms with van der Waals surface area (Å²) in [5, 5.41) is 80.7. The first-order chi connectivity index (χ1) is 46.0. The predicted molar refractivity (Wildman–Crippen MR) is 369 cm³/mol. The predicted octanol–water partition coefficient (Wildman–Crippen LogP) is 4.44. The highest BCUT2D eigenvalue weighted by molar-refractivity contribution is 6.45. The molecule has 9 rings (SSSR count). The van der Waals surface area contributed by atoms with Crippen molar-refractivity contribution < 1.29 is 59.2 Å². The van der Waals surface area contributed by atoms with Crippen molar-refractivity contribution in [2.24, 2.45) is 30.6 Å². The number of nitrogens with zero attached hydrogens (tertiary/aromatic N) is 13. The van der Waals surface area contributed by atoms with Gasteiger partial charge in [-0.25, -0.2) is 4.99 Å². The highest BCUT2D eigenvalue weighted by Gasteiger charge is 2.29. The van der Waals surface area contributed by atoms with Crippen molar-refractivity contribution in [2.45, 2.75) is 170 Å². The number of aliphatic imine (C=N–C) groups is 1. The number of hydrogen-bond donors (Lipinski definition) is 7. The third kappa shape index (κ3) is 29.4. The molecule has 4 aliphatic carbocycles. The van der Waals surface area contributed by atoms with Gasteiger partial charge in [0, 0.05) is 99.9 Å². The quantitative estimate of drug-likeness (QED) is 0.0183. The molecule has 0 amide bonds. The summed E-state index contributed by atoms with van der Waals surface area (Å²) in [6.45, 7) is 14.3. The Morgan fingerprint density at radius 3 is 1.36 bits per heavy atom. The van der Waals surface area contributed by atoms with Crippen molar-refractivity contribution in [2.75, 3.05) is 28.2 Å². The molecule has 99 heavy (non-hydrogen) atoms. The Bertz CT molecular complexity index is 3800. The maximum absolute atomic E-state index is 11.3. The fraction of sp³-hybridized carbons (Fsp3) is 0.525. The molecule has 0 aliphatic heterocycles. The van der Waals surface area contributed by atoms with Gasteiger partial charge in [0.15, 0.2) is 5.96 Å². The Balaban J connectivity index is 0.000000396. The molecule has 4 aliphatic rings. The molecule has 3 atom stereocenters. The van der Waals surface area contributed by atoms with Gasteiger partial charge in [-0.2, -0.15) is 0 Å². The van der Waals surface area contributed by atoms with Gasteiger partial charge in [0.05, 0.1) is 36.8 Å². The van der Waals surface area contributed by atoms with E-state index in [0.29, 0.717) is 60.6 Å². The van der Waals surface area contributed by atoms with Gasteiger partial charge < -0.3 is 60.8 Å². The highest BCUT2D eigenvalue weighted by Crippen LogP contribution is 2.30. The molecule has 1 fully saturated rings. The zero-order valence-corrected chi connectivity index (χ0v) is 58.5. The third-order valence-corrected chi connectivity index (χ3v) is 16.0. The molecule has 36 nitrogen and oxygen atoms in total. The van der Waals surface area contributed by atoms with E-state index in [1.807, 2.05) is 34.0 Å². The Kier molecular flexibility index (Phi) is 35.1. The van der Waals surface area contributed by atoms with E-state index in [4.69, 9.17) is 31.8 Å². The third-order valence-electron chi connectivity index (χ3n) is 16.0. The molecule has 3 unspecified atom stereocenters. The van der Waals surface area contributed by atoms with Gasteiger partial charge in [0.25, 0.3) is 22.1 Å². The summed E-state index contributed by atoms with van der Waals surface area (Å²) in [5.41, 5.74) is 19.2. The van der Waals surface area contributed by atoms with Crippen LogP contribution in [-0.2, 0) is 71.7 Å². The lowest BCUT2D eigenvalue weighted by molar-refractivity contribution is -0.742. The first-order valence-electron chi connectivity index (χ1n) is 31.3. The number of nitrogens with one attached hydrogen (secondary N) is 2. The molecule has 1 saturated carbocycles. The monoisotopic (exact) mass is 1390 g/mol. The molecule has 5 aromatic heterocycles. The van der Waals surface area contributed by atoms with Crippen LogP contribution in [-0.4, -0.2) is 164 Å². The number of hydrogen-bond acceptors (Lipinski definition) is 26. The van der Waals surface area contributed by atoms with E-state index in [1.165, 1.54) is 39.1 Å². The van der Waals surface area contributed by atoms with Gasteiger partial charge in [-0.1, -0.05) is 6.07 Å². The summed E-state index contributed by atoms with van der Waals surface area (Å²) in [6.07, 6.45) is 11.5. The molecule has 0 bridgehead atoms. The van der Waals surface area contributed by atoms with Gasteiger partial charge in [0.2, 0.25) is 5.56 Å². The van der Waals surface area contributed by atoms with E-state index in [-0.39, 0.29) is 39.6 Å². The van der Waals surface area contributed by atoms with Crippen molar-refractivity contribution in [3.05, 3.63) is 176 Å². The Morgan fingerprint density at radius 2 is 0.990 bits per heavy atom. The van der Waals surface area contributed by atoms with E-state index in [0.717, 1.165) is 108 Å². The molecular weight excluding hydrogens is 1300 g/mol. The van der Waals surface area contributed by atoms with Crippen LogP contribution in [0.4, 0.5) is 28.4 Å². The molecule has 0 saturated heterocycles. The van der Waals surface area contributed by atoms with E-state index in [1.54, 1.807) is 63.4 Å². The summed E-state index contributed by atoms with van der Waals surface area (Å²) >= 11 is 0. The number of likely N-dealkylation sites (N-methyl/N-ethyl adjacent to an activating group) is 2. The minimum atomic E-state index is -1.50. The van der Waals surface area contributed by atoms with E-state index >= 15 is 0 Å². The number of rotatable bonds is 11. The van der Waals surface area contributed by atoms with Crippen LogP contribution in [0.3, 0.4) is 0 Å². The number of carbonyl (C=O) groups is 3. The van der Waals surface area contributed by atoms with E-state index in [9.17, 15) is 69.5 Å². The second-order valence-electron chi connectivity index (χ2n) is 24.1. The molecular formula is C61H91B2N17O19. The number of Topliss-reactive ketones (excluding diaryl/α,β-unsaturated/α-hetero) is 1. The van der Waals surface area contributed by atoms with Crippen LogP contribution < -0.4 is 33.0 Å². The number of nitrogens with two attached hydrogens (primary N) is 2. The number of esters is 2. The zero-order valence-electron chi connectivity index (χ0n) is 58.5. The minimum absolute atomic E-state index is 0.0509. The molecule has 0 spiro atoms. The number of carbonyl (C=O) groups excluding carboxylic acids is 3. The number of nitro groups is 4. The minimum Gasteiger partial charge on any atom is -0.437 e. The maximum Gasteiger partial charge on any atom is 0.373 e. The topological polar surface area (TPSA) is 514 Å². The average molecular weight is 1390 g/mol. The first-order valence-corrected chi connectivity index (χ1v) is 31.3. The largest absolute Gasteiger partial charge is 0.437 e. The van der Waals surface area contributed by atoms with Gasteiger partial charge in [-0.05, 0) is 182 Å². The first kappa shape index (κ1) is 85.2. The van der Waals surface area contributed by atoms with E-state index < -0.39 is 62.8 Å². The van der Waals surface area contributed by atoms with Crippen LogP contribution in [0.15, 0.2) is 57.0 Å². The Hall–Kier alpha value is -9.88. The number of ether oxygens (including phenoxy) is 1. The smallest absolute Gasteiger partial charge is 0.373 e. The van der Waals surface area contributed by atoms with Crippen LogP contribution >= 0.6 is 0 Å². The lowest BCUT2D eigenvalue weighted by Crippen LogP contribution is -2.43. The normalized spacial score (nSPS) is 15.4. The molecule has 0 radical (unpaired) electrons. The summed E-state index contributed by atoms with van der Waals surface area (Å²) in [6, 6.07) is 12.8. The van der Waals surface area contributed by atoms with Crippen molar-refractivity contribution in [3.8, 4) is 0 Å². The molecule has 5 heterocycles. The second-order valence-corrected chi connectivity index (χ2v) is 24.1. The zero-order chi connectivity index (χ0) is 75.5. The van der Waals surface area contributed by atoms with Gasteiger partial charge in [-0.15, -0.1) is 10.1 Å². The van der Waals surface area contributed by atoms with Crippen molar-refractivity contribution in [1.82, 2.24) is 44.3 Å². The van der Waals surface area contributed by atoms with Crippen molar-refractivity contribution >= 4 is 66.2 Å². The number of aryl methyl sites for hydroxylation is 7. The molecule has 9 N–H and O–H groups in total. The van der Waals surface area contributed by atoms with Gasteiger partial charge in [-0.3, -0.25) is 79.4 Å². The molecule has 38 heteroatoms. The molecule has 0 aromatic carbocycles. The number of ketones is 1. The highest BCUT2D eigenvalue weighted by atomic mass is 16.9. The fourth-order valence-corrected chi connectivity index (χ4v) is 10.6. The number of guanidine groups is 1. The molecule has 540 valence electrons.